The molecule has 0 amide bonds. The van der Waals surface area contributed by atoms with Gasteiger partial charge in [-0.25, -0.2) is 4.39 Å². The molecule has 0 aliphatic rings. The third-order valence-electron chi connectivity index (χ3n) is 3.54. The van der Waals surface area contributed by atoms with E-state index < -0.39 is 5.60 Å². The van der Waals surface area contributed by atoms with Crippen LogP contribution in [0.15, 0.2) is 18.2 Å². The molecule has 0 fully saturated rings. The standard InChI is InChI=1S/C14H21FO/c1-5-11(6-2)14(4,16)12-8-7-10(3)13(15)9-12/h7-9,11,16H,5-6H2,1-4H3. The van der Waals surface area contributed by atoms with Gasteiger partial charge in [0.15, 0.2) is 0 Å². The molecule has 1 N–H and O–H groups in total. The molecule has 0 heterocycles. The minimum atomic E-state index is -0.946. The second-order valence-electron chi connectivity index (χ2n) is 4.62. The lowest BCUT2D eigenvalue weighted by molar-refractivity contribution is -0.00975. The summed E-state index contributed by atoms with van der Waals surface area (Å²) in [7, 11) is 0. The van der Waals surface area contributed by atoms with Crippen molar-refractivity contribution in [3.05, 3.63) is 35.1 Å². The highest BCUT2D eigenvalue weighted by Gasteiger charge is 2.31. The molecule has 2 heteroatoms. The average molecular weight is 224 g/mol. The first-order valence-electron chi connectivity index (χ1n) is 5.92. The lowest BCUT2D eigenvalue weighted by Gasteiger charge is -2.32. The van der Waals surface area contributed by atoms with E-state index in [0.717, 1.165) is 12.8 Å². The third-order valence-corrected chi connectivity index (χ3v) is 3.54. The van der Waals surface area contributed by atoms with E-state index in [2.05, 4.69) is 0 Å². The SMILES string of the molecule is CCC(CC)C(C)(O)c1ccc(C)c(F)c1. The van der Waals surface area contributed by atoms with E-state index in [9.17, 15) is 9.50 Å². The Balaban J connectivity index is 3.10. The van der Waals surface area contributed by atoms with Crippen molar-refractivity contribution >= 4 is 0 Å². The highest BCUT2D eigenvalue weighted by Crippen LogP contribution is 2.34. The molecule has 1 nitrogen and oxygen atoms in total. The summed E-state index contributed by atoms with van der Waals surface area (Å²) in [6.07, 6.45) is 1.78. The van der Waals surface area contributed by atoms with Crippen molar-refractivity contribution in [3.8, 4) is 0 Å². The molecule has 0 spiro atoms. The number of halogens is 1. The minimum absolute atomic E-state index is 0.162. The van der Waals surface area contributed by atoms with Crippen LogP contribution >= 0.6 is 0 Å². The zero-order valence-electron chi connectivity index (χ0n) is 10.5. The molecule has 90 valence electrons. The Bertz CT molecular complexity index is 354. The van der Waals surface area contributed by atoms with Gasteiger partial charge < -0.3 is 5.11 Å². The quantitative estimate of drug-likeness (QED) is 0.825. The van der Waals surface area contributed by atoms with Crippen molar-refractivity contribution in [1.82, 2.24) is 0 Å². The largest absolute Gasteiger partial charge is 0.385 e. The van der Waals surface area contributed by atoms with E-state index in [4.69, 9.17) is 0 Å². The molecule has 1 rings (SSSR count). The maximum Gasteiger partial charge on any atom is 0.126 e. The van der Waals surface area contributed by atoms with Gasteiger partial charge in [-0.15, -0.1) is 0 Å². The third kappa shape index (κ3) is 2.43. The van der Waals surface area contributed by atoms with Gasteiger partial charge >= 0.3 is 0 Å². The molecule has 0 aromatic heterocycles. The average Bonchev–Trinajstić information content (AvgIpc) is 2.23. The van der Waals surface area contributed by atoms with Gasteiger partial charge in [0.1, 0.15) is 5.82 Å². The smallest absolute Gasteiger partial charge is 0.126 e. The number of hydrogen-bond acceptors (Lipinski definition) is 1. The first-order chi connectivity index (χ1) is 7.43. The molecule has 0 saturated heterocycles. The van der Waals surface area contributed by atoms with E-state index in [1.807, 2.05) is 19.9 Å². The lowest BCUT2D eigenvalue weighted by Crippen LogP contribution is -2.31. The number of rotatable bonds is 4. The highest BCUT2D eigenvalue weighted by molar-refractivity contribution is 5.28. The van der Waals surface area contributed by atoms with Crippen LogP contribution in [0.25, 0.3) is 0 Å². The lowest BCUT2D eigenvalue weighted by atomic mass is 9.79. The second-order valence-corrected chi connectivity index (χ2v) is 4.62. The Morgan fingerprint density at radius 2 is 1.88 bits per heavy atom. The van der Waals surface area contributed by atoms with E-state index in [-0.39, 0.29) is 11.7 Å². The predicted molar refractivity (Wildman–Crippen MR) is 64.8 cm³/mol. The van der Waals surface area contributed by atoms with E-state index in [1.165, 1.54) is 6.07 Å². The van der Waals surface area contributed by atoms with Crippen LogP contribution in [0.1, 0.15) is 44.7 Å². The molecule has 16 heavy (non-hydrogen) atoms. The molecule has 1 atom stereocenters. The van der Waals surface area contributed by atoms with Gasteiger partial charge in [0.2, 0.25) is 0 Å². The van der Waals surface area contributed by atoms with Crippen LogP contribution < -0.4 is 0 Å². The van der Waals surface area contributed by atoms with Crippen LogP contribution in [-0.4, -0.2) is 5.11 Å². The van der Waals surface area contributed by atoms with Gasteiger partial charge in [0.25, 0.3) is 0 Å². The zero-order chi connectivity index (χ0) is 12.3. The summed E-state index contributed by atoms with van der Waals surface area (Å²) in [5.74, 6) is -0.0849. The van der Waals surface area contributed by atoms with Crippen molar-refractivity contribution in [1.29, 1.82) is 0 Å². The molecule has 1 unspecified atom stereocenters. The van der Waals surface area contributed by atoms with Crippen LogP contribution in [0.2, 0.25) is 0 Å². The molecular weight excluding hydrogens is 203 g/mol. The molecule has 0 bridgehead atoms. The summed E-state index contributed by atoms with van der Waals surface area (Å²) >= 11 is 0. The molecule has 0 radical (unpaired) electrons. The fourth-order valence-electron chi connectivity index (χ4n) is 2.23. The predicted octanol–water partition coefficient (Wildman–Crippen LogP) is 3.78. The van der Waals surface area contributed by atoms with Crippen LogP contribution in [-0.2, 0) is 5.60 Å². The summed E-state index contributed by atoms with van der Waals surface area (Å²) in [5, 5.41) is 10.5. The second kappa shape index (κ2) is 4.96. The Hall–Kier alpha value is -0.890. The first-order valence-corrected chi connectivity index (χ1v) is 5.92. The molecular formula is C14H21FO. The van der Waals surface area contributed by atoms with Gasteiger partial charge in [-0.3, -0.25) is 0 Å². The van der Waals surface area contributed by atoms with E-state index in [1.54, 1.807) is 19.9 Å². The number of hydrogen-bond donors (Lipinski definition) is 1. The topological polar surface area (TPSA) is 20.2 Å². The number of aryl methyl sites for hydroxylation is 1. The normalized spacial score (nSPS) is 15.2. The molecule has 0 aliphatic carbocycles. The van der Waals surface area contributed by atoms with Gasteiger partial charge in [0, 0.05) is 0 Å². The van der Waals surface area contributed by atoms with E-state index >= 15 is 0 Å². The molecule has 0 saturated carbocycles. The monoisotopic (exact) mass is 224 g/mol. The van der Waals surface area contributed by atoms with Crippen molar-refractivity contribution in [2.45, 2.75) is 46.1 Å². The van der Waals surface area contributed by atoms with E-state index in [0.29, 0.717) is 11.1 Å². The summed E-state index contributed by atoms with van der Waals surface area (Å²) in [6, 6.07) is 4.99. The van der Waals surface area contributed by atoms with Crippen LogP contribution in [0.3, 0.4) is 0 Å². The molecule has 0 aliphatic heterocycles. The Morgan fingerprint density at radius 3 is 2.31 bits per heavy atom. The molecule has 1 aromatic rings. The van der Waals surface area contributed by atoms with Crippen molar-refractivity contribution in [3.63, 3.8) is 0 Å². The summed E-state index contributed by atoms with van der Waals surface area (Å²) in [4.78, 5) is 0. The fraction of sp³-hybridized carbons (Fsp3) is 0.571. The highest BCUT2D eigenvalue weighted by atomic mass is 19.1. The number of benzene rings is 1. The first kappa shape index (κ1) is 13.2. The van der Waals surface area contributed by atoms with Gasteiger partial charge in [-0.2, -0.15) is 0 Å². The fourth-order valence-corrected chi connectivity index (χ4v) is 2.23. The van der Waals surface area contributed by atoms with Gasteiger partial charge in [-0.1, -0.05) is 38.8 Å². The van der Waals surface area contributed by atoms with Gasteiger partial charge in [-0.05, 0) is 37.0 Å². The summed E-state index contributed by atoms with van der Waals surface area (Å²) in [6.45, 7) is 7.60. The zero-order valence-corrected chi connectivity index (χ0v) is 10.5. The Kier molecular flexibility index (Phi) is 4.09. The van der Waals surface area contributed by atoms with Crippen molar-refractivity contribution in [2.75, 3.05) is 0 Å². The Morgan fingerprint density at radius 1 is 1.31 bits per heavy atom. The Labute approximate surface area is 97.3 Å². The minimum Gasteiger partial charge on any atom is -0.385 e. The van der Waals surface area contributed by atoms with Gasteiger partial charge in [0.05, 0.1) is 5.60 Å². The van der Waals surface area contributed by atoms with Crippen molar-refractivity contribution < 1.29 is 9.50 Å². The maximum atomic E-state index is 13.5. The van der Waals surface area contributed by atoms with Crippen LogP contribution in [0, 0.1) is 18.7 Å². The summed E-state index contributed by atoms with van der Waals surface area (Å²) in [5.41, 5.74) is 0.339. The summed E-state index contributed by atoms with van der Waals surface area (Å²) < 4.78 is 13.5. The van der Waals surface area contributed by atoms with Crippen LogP contribution in [0.5, 0.6) is 0 Å². The van der Waals surface area contributed by atoms with Crippen LogP contribution in [0.4, 0.5) is 4.39 Å². The molecule has 1 aromatic carbocycles. The maximum absolute atomic E-state index is 13.5. The number of aliphatic hydroxyl groups is 1. The van der Waals surface area contributed by atoms with Crippen molar-refractivity contribution in [2.24, 2.45) is 5.92 Å².